The second kappa shape index (κ2) is 6.81. The molecule has 0 radical (unpaired) electrons. The molecule has 2 aliphatic rings. The number of nitrogens with zero attached hydrogens (tertiary/aromatic N) is 3. The van der Waals surface area contributed by atoms with Gasteiger partial charge in [-0.1, -0.05) is 0 Å². The number of piperidine rings is 1. The van der Waals surface area contributed by atoms with Gasteiger partial charge in [0, 0.05) is 18.5 Å². The first-order chi connectivity index (χ1) is 11.4. The van der Waals surface area contributed by atoms with Crippen molar-refractivity contribution in [2.24, 2.45) is 5.41 Å². The average Bonchev–Trinajstić information content (AvgIpc) is 2.85. The van der Waals surface area contributed by atoms with Crippen molar-refractivity contribution in [3.63, 3.8) is 0 Å². The minimum absolute atomic E-state index is 0.131. The van der Waals surface area contributed by atoms with Gasteiger partial charge in [-0.15, -0.1) is 0 Å². The van der Waals surface area contributed by atoms with Crippen LogP contribution in [0.2, 0.25) is 0 Å². The van der Waals surface area contributed by atoms with Crippen LogP contribution in [0.1, 0.15) is 25.5 Å². The Kier molecular flexibility index (Phi) is 4.93. The third kappa shape index (κ3) is 3.20. The number of anilines is 1. The third-order valence-corrected chi connectivity index (χ3v) is 5.43. The highest BCUT2D eigenvalue weighted by Gasteiger charge is 2.50. The van der Waals surface area contributed by atoms with Crippen LogP contribution in [-0.2, 0) is 11.3 Å². The van der Waals surface area contributed by atoms with E-state index in [-0.39, 0.29) is 24.2 Å². The van der Waals surface area contributed by atoms with Crippen LogP contribution in [0.5, 0.6) is 0 Å². The molecule has 0 saturated carbocycles. The monoisotopic (exact) mass is 400 g/mol. The molecular formula is C15H21BrN4O4. The lowest BCUT2D eigenvalue weighted by Crippen LogP contribution is -2.54. The smallest absolute Gasteiger partial charge is 0.404 e. The molecule has 9 heteroatoms. The molecule has 1 amide bonds. The molecule has 2 saturated heterocycles. The lowest BCUT2D eigenvalue weighted by atomic mass is 9.73. The molecule has 3 heterocycles. The van der Waals surface area contributed by atoms with Crippen LogP contribution in [-0.4, -0.2) is 58.1 Å². The number of amides is 1. The fourth-order valence-electron chi connectivity index (χ4n) is 3.77. The van der Waals surface area contributed by atoms with E-state index >= 15 is 0 Å². The normalized spacial score (nSPS) is 25.9. The zero-order chi connectivity index (χ0) is 17.3. The fraction of sp³-hybridized carbons (Fsp3) is 0.667. The van der Waals surface area contributed by atoms with E-state index in [0.717, 1.165) is 25.9 Å². The Morgan fingerprint density at radius 2 is 2.25 bits per heavy atom. The highest BCUT2D eigenvalue weighted by Crippen LogP contribution is 2.43. The number of aliphatic hydroxyl groups excluding tert-OH is 1. The maximum atomic E-state index is 11.1. The molecule has 132 valence electrons. The molecule has 24 heavy (non-hydrogen) atoms. The predicted molar refractivity (Wildman–Crippen MR) is 89.9 cm³/mol. The topological polar surface area (TPSA) is 108 Å². The Hall–Kier alpha value is -1.45. The second-order valence-corrected chi connectivity index (χ2v) is 7.23. The molecule has 2 aliphatic heterocycles. The molecule has 1 spiro atoms. The Bertz CT molecular complexity index is 621. The van der Waals surface area contributed by atoms with Crippen molar-refractivity contribution < 1.29 is 19.7 Å². The Morgan fingerprint density at radius 1 is 1.54 bits per heavy atom. The SMILES string of the molecule is C[C@@H]1OCC2(CCN(c3ncc(Br)nc3CO)CC2)[C@@H]1NC(=O)O. The maximum Gasteiger partial charge on any atom is 0.404 e. The van der Waals surface area contributed by atoms with Gasteiger partial charge in [-0.25, -0.2) is 14.8 Å². The van der Waals surface area contributed by atoms with Crippen molar-refractivity contribution in [3.8, 4) is 0 Å². The minimum atomic E-state index is -1.01. The Balaban J connectivity index is 1.75. The van der Waals surface area contributed by atoms with Crippen LogP contribution in [0.3, 0.4) is 0 Å². The summed E-state index contributed by atoms with van der Waals surface area (Å²) >= 11 is 3.26. The quantitative estimate of drug-likeness (QED) is 0.702. The van der Waals surface area contributed by atoms with Gasteiger partial charge in [0.05, 0.1) is 31.6 Å². The fourth-order valence-corrected chi connectivity index (χ4v) is 4.09. The predicted octanol–water partition coefficient (Wildman–Crippen LogP) is 1.37. The summed E-state index contributed by atoms with van der Waals surface area (Å²) in [7, 11) is 0. The van der Waals surface area contributed by atoms with Gasteiger partial charge in [0.1, 0.15) is 10.3 Å². The Morgan fingerprint density at radius 3 is 2.88 bits per heavy atom. The molecule has 0 bridgehead atoms. The van der Waals surface area contributed by atoms with Crippen molar-refractivity contribution in [1.29, 1.82) is 0 Å². The van der Waals surface area contributed by atoms with Gasteiger partial charge < -0.3 is 25.2 Å². The van der Waals surface area contributed by atoms with E-state index in [2.05, 4.69) is 36.1 Å². The summed E-state index contributed by atoms with van der Waals surface area (Å²) in [6.07, 6.45) is 2.07. The van der Waals surface area contributed by atoms with Gasteiger partial charge in [0.15, 0.2) is 5.82 Å². The van der Waals surface area contributed by atoms with Gasteiger partial charge >= 0.3 is 6.09 Å². The number of rotatable bonds is 3. The number of hydrogen-bond acceptors (Lipinski definition) is 6. The largest absolute Gasteiger partial charge is 0.465 e. The van der Waals surface area contributed by atoms with E-state index in [1.54, 1.807) is 6.20 Å². The molecule has 3 N–H and O–H groups in total. The standard InChI is InChI=1S/C15H21BrN4O4/c1-9-12(19-14(22)23)15(8-24-9)2-4-20(5-3-15)13-10(7-21)18-11(16)6-17-13/h6,9,12,19,21H,2-5,7-8H2,1H3,(H,22,23)/t9-,12+/m0/s1. The number of hydrogen-bond donors (Lipinski definition) is 3. The number of carbonyl (C=O) groups is 1. The summed E-state index contributed by atoms with van der Waals surface area (Å²) in [5, 5.41) is 21.2. The first-order valence-electron chi connectivity index (χ1n) is 7.93. The summed E-state index contributed by atoms with van der Waals surface area (Å²) in [6, 6.07) is -0.203. The Labute approximate surface area is 148 Å². The van der Waals surface area contributed by atoms with E-state index in [4.69, 9.17) is 9.84 Å². The van der Waals surface area contributed by atoms with Crippen molar-refractivity contribution in [1.82, 2.24) is 15.3 Å². The molecule has 2 fully saturated rings. The van der Waals surface area contributed by atoms with Crippen molar-refractivity contribution in [2.45, 2.75) is 38.5 Å². The number of aliphatic hydroxyl groups is 1. The summed E-state index contributed by atoms with van der Waals surface area (Å²) in [4.78, 5) is 21.9. The van der Waals surface area contributed by atoms with Gasteiger partial charge in [-0.05, 0) is 35.7 Å². The molecule has 1 aromatic heterocycles. The zero-order valence-electron chi connectivity index (χ0n) is 13.4. The van der Waals surface area contributed by atoms with Gasteiger partial charge in [-0.3, -0.25) is 0 Å². The molecule has 0 aliphatic carbocycles. The van der Waals surface area contributed by atoms with Crippen LogP contribution in [0.15, 0.2) is 10.8 Å². The summed E-state index contributed by atoms with van der Waals surface area (Å²) in [5.74, 6) is 0.685. The maximum absolute atomic E-state index is 11.1. The number of aromatic nitrogens is 2. The lowest BCUT2D eigenvalue weighted by molar-refractivity contribution is 0.0970. The van der Waals surface area contributed by atoms with Crippen molar-refractivity contribution >= 4 is 27.8 Å². The first-order valence-corrected chi connectivity index (χ1v) is 8.73. The average molecular weight is 401 g/mol. The lowest BCUT2D eigenvalue weighted by Gasteiger charge is -2.42. The van der Waals surface area contributed by atoms with E-state index in [9.17, 15) is 9.90 Å². The summed E-state index contributed by atoms with van der Waals surface area (Å²) in [6.45, 7) is 3.73. The van der Waals surface area contributed by atoms with Crippen LogP contribution < -0.4 is 10.2 Å². The van der Waals surface area contributed by atoms with Crippen LogP contribution in [0.4, 0.5) is 10.6 Å². The number of nitrogens with one attached hydrogen (secondary N) is 1. The number of carboxylic acid groups (broad SMARTS) is 1. The molecule has 0 unspecified atom stereocenters. The summed E-state index contributed by atoms with van der Waals surface area (Å²) < 4.78 is 6.33. The van der Waals surface area contributed by atoms with Crippen LogP contribution in [0.25, 0.3) is 0 Å². The van der Waals surface area contributed by atoms with Crippen LogP contribution in [0, 0.1) is 5.41 Å². The van der Waals surface area contributed by atoms with Gasteiger partial charge in [0.2, 0.25) is 0 Å². The minimum Gasteiger partial charge on any atom is -0.465 e. The third-order valence-electron chi connectivity index (χ3n) is 5.04. The molecule has 1 aromatic rings. The van der Waals surface area contributed by atoms with E-state index in [0.29, 0.717) is 22.7 Å². The van der Waals surface area contributed by atoms with E-state index in [1.165, 1.54) is 0 Å². The van der Waals surface area contributed by atoms with E-state index in [1.807, 2.05) is 6.92 Å². The number of ether oxygens (including phenoxy) is 1. The first kappa shape index (κ1) is 17.4. The molecule has 8 nitrogen and oxygen atoms in total. The highest BCUT2D eigenvalue weighted by atomic mass is 79.9. The second-order valence-electron chi connectivity index (χ2n) is 6.41. The molecule has 2 atom stereocenters. The van der Waals surface area contributed by atoms with Crippen molar-refractivity contribution in [3.05, 3.63) is 16.5 Å². The zero-order valence-corrected chi connectivity index (χ0v) is 15.0. The highest BCUT2D eigenvalue weighted by molar-refractivity contribution is 9.10. The van der Waals surface area contributed by atoms with Crippen molar-refractivity contribution in [2.75, 3.05) is 24.6 Å². The number of halogens is 1. The molecule has 0 aromatic carbocycles. The van der Waals surface area contributed by atoms with Gasteiger partial charge in [0.25, 0.3) is 0 Å². The van der Waals surface area contributed by atoms with Crippen LogP contribution >= 0.6 is 15.9 Å². The summed E-state index contributed by atoms with van der Waals surface area (Å²) in [5.41, 5.74) is 0.354. The van der Waals surface area contributed by atoms with E-state index < -0.39 is 6.09 Å². The molecular weight excluding hydrogens is 380 g/mol. The molecule has 3 rings (SSSR count). The van der Waals surface area contributed by atoms with Gasteiger partial charge in [-0.2, -0.15) is 0 Å².